The number of rotatable bonds is 11. The maximum atomic E-state index is 12.3. The van der Waals surface area contributed by atoms with E-state index in [4.69, 9.17) is 24.7 Å². The normalized spacial score (nSPS) is 10.1. The largest absolute Gasteiger partial charge is 0.497 e. The number of hydrogen-bond donors (Lipinski definition) is 2. The van der Waals surface area contributed by atoms with E-state index in [1.54, 1.807) is 79.9 Å². The Morgan fingerprint density at radius 3 is 2.26 bits per heavy atom. The van der Waals surface area contributed by atoms with Gasteiger partial charge in [-0.1, -0.05) is 18.2 Å². The number of carbonyl (C=O) groups is 3. The van der Waals surface area contributed by atoms with Gasteiger partial charge in [-0.25, -0.2) is 4.79 Å². The van der Waals surface area contributed by atoms with Crippen LogP contribution in [0.25, 0.3) is 0 Å². The molecule has 0 spiro atoms. The third-order valence-corrected chi connectivity index (χ3v) is 4.46. The molecule has 9 nitrogen and oxygen atoms in total. The van der Waals surface area contributed by atoms with Gasteiger partial charge in [-0.05, 0) is 54.1 Å². The molecule has 176 valence electrons. The van der Waals surface area contributed by atoms with Crippen molar-refractivity contribution in [2.24, 2.45) is 5.73 Å². The molecule has 3 aromatic carbocycles. The Balaban J connectivity index is 1.46. The summed E-state index contributed by atoms with van der Waals surface area (Å²) >= 11 is 0. The predicted octanol–water partition coefficient (Wildman–Crippen LogP) is 2.93. The van der Waals surface area contributed by atoms with E-state index in [1.165, 1.54) is 0 Å². The molecule has 0 aliphatic carbocycles. The topological polar surface area (TPSA) is 126 Å². The quantitative estimate of drug-likeness (QED) is 0.418. The van der Waals surface area contributed by atoms with Gasteiger partial charge in [0.15, 0.2) is 13.2 Å². The van der Waals surface area contributed by atoms with Crippen LogP contribution in [0.2, 0.25) is 0 Å². The average molecular weight is 464 g/mol. The minimum absolute atomic E-state index is 0.0231. The number of esters is 1. The van der Waals surface area contributed by atoms with Crippen molar-refractivity contribution in [3.63, 3.8) is 0 Å². The van der Waals surface area contributed by atoms with Gasteiger partial charge in [-0.2, -0.15) is 0 Å². The van der Waals surface area contributed by atoms with E-state index in [2.05, 4.69) is 5.32 Å². The SMILES string of the molecule is COc1cccc(NC(=O)COc2ccc(C(=O)OCc3cccc(OCC(N)=O)c3)cc2)c1. The Morgan fingerprint density at radius 2 is 1.53 bits per heavy atom. The molecule has 0 unspecified atom stereocenters. The molecule has 0 heterocycles. The molecular formula is C25H24N2O7. The van der Waals surface area contributed by atoms with E-state index in [-0.39, 0.29) is 25.7 Å². The van der Waals surface area contributed by atoms with Crippen LogP contribution in [0.4, 0.5) is 5.69 Å². The number of nitrogens with one attached hydrogen (secondary N) is 1. The molecule has 0 radical (unpaired) electrons. The Bertz CT molecular complexity index is 1150. The van der Waals surface area contributed by atoms with Crippen molar-refractivity contribution in [3.8, 4) is 17.2 Å². The number of amides is 2. The van der Waals surface area contributed by atoms with E-state index in [9.17, 15) is 14.4 Å². The second kappa shape index (κ2) is 11.9. The number of primary amides is 1. The van der Waals surface area contributed by atoms with E-state index < -0.39 is 11.9 Å². The molecule has 2 amide bonds. The van der Waals surface area contributed by atoms with Crippen LogP contribution < -0.4 is 25.3 Å². The van der Waals surface area contributed by atoms with Gasteiger partial charge in [0.2, 0.25) is 0 Å². The van der Waals surface area contributed by atoms with Crippen LogP contribution in [-0.4, -0.2) is 38.1 Å². The number of benzene rings is 3. The zero-order chi connectivity index (χ0) is 24.3. The van der Waals surface area contributed by atoms with Gasteiger partial charge in [0, 0.05) is 11.8 Å². The highest BCUT2D eigenvalue weighted by atomic mass is 16.5. The van der Waals surface area contributed by atoms with Crippen LogP contribution in [0.15, 0.2) is 72.8 Å². The molecule has 9 heteroatoms. The van der Waals surface area contributed by atoms with Gasteiger partial charge in [0.1, 0.15) is 23.9 Å². The Morgan fingerprint density at radius 1 is 0.824 bits per heavy atom. The lowest BCUT2D eigenvalue weighted by atomic mass is 10.2. The van der Waals surface area contributed by atoms with Gasteiger partial charge >= 0.3 is 5.97 Å². The lowest BCUT2D eigenvalue weighted by Crippen LogP contribution is -2.20. The first-order chi connectivity index (χ1) is 16.4. The molecule has 3 aromatic rings. The minimum Gasteiger partial charge on any atom is -0.497 e. The van der Waals surface area contributed by atoms with Crippen molar-refractivity contribution in [2.75, 3.05) is 25.6 Å². The van der Waals surface area contributed by atoms with E-state index >= 15 is 0 Å². The van der Waals surface area contributed by atoms with Crippen LogP contribution in [-0.2, 0) is 20.9 Å². The fourth-order valence-electron chi connectivity index (χ4n) is 2.85. The summed E-state index contributed by atoms with van der Waals surface area (Å²) in [7, 11) is 1.55. The first-order valence-electron chi connectivity index (χ1n) is 10.3. The summed E-state index contributed by atoms with van der Waals surface area (Å²) in [6.07, 6.45) is 0. The monoisotopic (exact) mass is 464 g/mol. The summed E-state index contributed by atoms with van der Waals surface area (Å²) in [6, 6.07) is 20.0. The maximum Gasteiger partial charge on any atom is 0.338 e. The van der Waals surface area contributed by atoms with Crippen molar-refractivity contribution < 1.29 is 33.3 Å². The predicted molar refractivity (Wildman–Crippen MR) is 124 cm³/mol. The zero-order valence-electron chi connectivity index (χ0n) is 18.5. The second-order valence-corrected chi connectivity index (χ2v) is 7.07. The molecule has 0 saturated carbocycles. The van der Waals surface area contributed by atoms with Crippen LogP contribution in [0.5, 0.6) is 17.2 Å². The van der Waals surface area contributed by atoms with Gasteiger partial charge in [-0.3, -0.25) is 9.59 Å². The Kier molecular flexibility index (Phi) is 8.45. The first kappa shape index (κ1) is 24.1. The molecule has 3 N–H and O–H groups in total. The number of hydrogen-bond acceptors (Lipinski definition) is 7. The van der Waals surface area contributed by atoms with Gasteiger partial charge < -0.3 is 30.0 Å². The van der Waals surface area contributed by atoms with Crippen LogP contribution in [0.3, 0.4) is 0 Å². The maximum absolute atomic E-state index is 12.3. The van der Waals surface area contributed by atoms with E-state index in [0.29, 0.717) is 34.1 Å². The molecule has 0 bridgehead atoms. The number of methoxy groups -OCH3 is 1. The Labute approximate surface area is 196 Å². The van der Waals surface area contributed by atoms with Gasteiger partial charge in [0.05, 0.1) is 12.7 Å². The zero-order valence-corrected chi connectivity index (χ0v) is 18.5. The number of carbonyl (C=O) groups excluding carboxylic acids is 3. The van der Waals surface area contributed by atoms with Crippen LogP contribution in [0, 0.1) is 0 Å². The van der Waals surface area contributed by atoms with Crippen LogP contribution in [0.1, 0.15) is 15.9 Å². The summed E-state index contributed by atoms with van der Waals surface area (Å²) in [5.41, 5.74) is 6.67. The summed E-state index contributed by atoms with van der Waals surface area (Å²) in [6.45, 7) is -0.412. The molecule has 0 fully saturated rings. The average Bonchev–Trinajstić information content (AvgIpc) is 2.85. The minimum atomic E-state index is -0.582. The van der Waals surface area contributed by atoms with E-state index in [0.717, 1.165) is 0 Å². The van der Waals surface area contributed by atoms with Crippen LogP contribution >= 0.6 is 0 Å². The standard InChI is InChI=1S/C25H24N2O7/c1-31-21-6-3-5-19(13-21)27-24(29)16-33-20-10-8-18(9-11-20)25(30)34-14-17-4-2-7-22(12-17)32-15-23(26)28/h2-13H,14-16H2,1H3,(H2,26,28)(H,27,29). The lowest BCUT2D eigenvalue weighted by molar-refractivity contribution is -0.120. The van der Waals surface area contributed by atoms with Crippen molar-refractivity contribution in [1.82, 2.24) is 0 Å². The fraction of sp³-hybridized carbons (Fsp3) is 0.160. The first-order valence-corrected chi connectivity index (χ1v) is 10.3. The molecule has 34 heavy (non-hydrogen) atoms. The highest BCUT2D eigenvalue weighted by molar-refractivity contribution is 5.92. The fourth-order valence-corrected chi connectivity index (χ4v) is 2.85. The van der Waals surface area contributed by atoms with Crippen molar-refractivity contribution in [1.29, 1.82) is 0 Å². The third-order valence-electron chi connectivity index (χ3n) is 4.46. The molecule has 3 rings (SSSR count). The molecular weight excluding hydrogens is 440 g/mol. The summed E-state index contributed by atoms with van der Waals surface area (Å²) in [4.78, 5) is 35.2. The van der Waals surface area contributed by atoms with Crippen molar-refractivity contribution in [2.45, 2.75) is 6.61 Å². The number of ether oxygens (including phenoxy) is 4. The van der Waals surface area contributed by atoms with Gasteiger partial charge in [-0.15, -0.1) is 0 Å². The molecule has 0 saturated heterocycles. The number of nitrogens with two attached hydrogens (primary N) is 1. The highest BCUT2D eigenvalue weighted by Gasteiger charge is 2.10. The highest BCUT2D eigenvalue weighted by Crippen LogP contribution is 2.18. The summed E-state index contributed by atoms with van der Waals surface area (Å²) in [5.74, 6) is 0.0672. The molecule has 0 aromatic heterocycles. The lowest BCUT2D eigenvalue weighted by Gasteiger charge is -2.10. The number of anilines is 1. The summed E-state index contributed by atoms with van der Waals surface area (Å²) in [5, 5.41) is 2.72. The molecule has 0 atom stereocenters. The summed E-state index contributed by atoms with van der Waals surface area (Å²) < 4.78 is 21.1. The van der Waals surface area contributed by atoms with Crippen molar-refractivity contribution in [3.05, 3.63) is 83.9 Å². The Hall–Kier alpha value is -4.53. The smallest absolute Gasteiger partial charge is 0.338 e. The van der Waals surface area contributed by atoms with E-state index in [1.807, 2.05) is 0 Å². The molecule has 0 aliphatic rings. The third kappa shape index (κ3) is 7.56. The van der Waals surface area contributed by atoms with Gasteiger partial charge in [0.25, 0.3) is 11.8 Å². The molecule has 0 aliphatic heterocycles. The van der Waals surface area contributed by atoms with Crippen molar-refractivity contribution >= 4 is 23.5 Å². The second-order valence-electron chi connectivity index (χ2n) is 7.07.